The molecular weight excluding hydrogens is 304 g/mol. The van der Waals surface area contributed by atoms with Gasteiger partial charge in [-0.2, -0.15) is 0 Å². The van der Waals surface area contributed by atoms with Crippen molar-refractivity contribution in [2.75, 3.05) is 0 Å². The second-order valence-corrected chi connectivity index (χ2v) is 6.34. The maximum atomic E-state index is 12.0. The zero-order valence-electron chi connectivity index (χ0n) is 14.6. The van der Waals surface area contributed by atoms with Gasteiger partial charge in [0, 0.05) is 24.3 Å². The molecule has 1 aliphatic carbocycles. The van der Waals surface area contributed by atoms with Gasteiger partial charge in [-0.25, -0.2) is 0 Å². The van der Waals surface area contributed by atoms with Crippen LogP contribution in [0.3, 0.4) is 0 Å². The summed E-state index contributed by atoms with van der Waals surface area (Å²) >= 11 is 0. The molecule has 0 saturated heterocycles. The van der Waals surface area contributed by atoms with Crippen molar-refractivity contribution in [3.63, 3.8) is 0 Å². The quantitative estimate of drug-likeness (QED) is 0.337. The molecule has 0 heterocycles. The van der Waals surface area contributed by atoms with Crippen LogP contribution in [0.15, 0.2) is 36.0 Å². The van der Waals surface area contributed by atoms with Gasteiger partial charge in [0.05, 0.1) is 6.10 Å². The number of aliphatic carboxylic acids is 1. The number of hydrogen-bond donors (Lipinski definition) is 2. The third-order valence-corrected chi connectivity index (χ3v) is 4.28. The molecule has 1 saturated carbocycles. The van der Waals surface area contributed by atoms with Crippen LogP contribution in [0.2, 0.25) is 0 Å². The van der Waals surface area contributed by atoms with Gasteiger partial charge in [-0.15, -0.1) is 0 Å². The van der Waals surface area contributed by atoms with Gasteiger partial charge in [0.2, 0.25) is 0 Å². The van der Waals surface area contributed by atoms with E-state index in [0.29, 0.717) is 24.8 Å². The van der Waals surface area contributed by atoms with Gasteiger partial charge in [-0.1, -0.05) is 50.1 Å². The number of carbonyl (C=O) groups is 2. The predicted octanol–water partition coefficient (Wildman–Crippen LogP) is 4.20. The van der Waals surface area contributed by atoms with E-state index >= 15 is 0 Å². The monoisotopic (exact) mass is 334 g/mol. The Morgan fingerprint density at radius 1 is 1.17 bits per heavy atom. The van der Waals surface area contributed by atoms with Crippen molar-refractivity contribution >= 4 is 11.8 Å². The number of carboxylic acid groups (broad SMARTS) is 1. The van der Waals surface area contributed by atoms with Crippen LogP contribution in [0.25, 0.3) is 0 Å². The molecule has 0 aromatic heterocycles. The molecule has 0 amide bonds. The number of rotatable bonds is 11. The van der Waals surface area contributed by atoms with Crippen LogP contribution in [0.4, 0.5) is 0 Å². The van der Waals surface area contributed by atoms with E-state index in [1.54, 1.807) is 0 Å². The number of unbranched alkanes of at least 4 members (excludes halogenated alkanes) is 4. The highest BCUT2D eigenvalue weighted by Crippen LogP contribution is 2.31. The smallest absolute Gasteiger partial charge is 0.303 e. The summed E-state index contributed by atoms with van der Waals surface area (Å²) in [6.45, 7) is 2.17. The molecule has 1 aliphatic rings. The zero-order chi connectivity index (χ0) is 17.8. The predicted molar refractivity (Wildman–Crippen MR) is 95.7 cm³/mol. The van der Waals surface area contributed by atoms with Crippen LogP contribution >= 0.6 is 0 Å². The summed E-state index contributed by atoms with van der Waals surface area (Å²) in [5.74, 6) is -0.894. The molecule has 1 fully saturated rings. The second kappa shape index (κ2) is 11.8. The molecule has 0 radical (unpaired) electrons. The lowest BCUT2D eigenvalue weighted by Gasteiger charge is -2.12. The largest absolute Gasteiger partial charge is 0.481 e. The molecule has 134 valence electrons. The van der Waals surface area contributed by atoms with Crippen LogP contribution < -0.4 is 0 Å². The molecule has 0 unspecified atom stereocenters. The SMILES string of the molecule is CCCCC/C=C\C=C1\C(=O)C[C@@H](O)[C@H]1C/C=C\CCCC(=O)O. The Morgan fingerprint density at radius 3 is 2.62 bits per heavy atom. The molecule has 0 aromatic rings. The Labute approximate surface area is 145 Å². The van der Waals surface area contributed by atoms with E-state index in [0.717, 1.165) is 12.8 Å². The van der Waals surface area contributed by atoms with E-state index in [4.69, 9.17) is 5.11 Å². The number of ketones is 1. The number of aliphatic hydroxyl groups is 1. The molecule has 0 aliphatic heterocycles. The van der Waals surface area contributed by atoms with Crippen LogP contribution in [0.1, 0.15) is 64.7 Å². The first-order chi connectivity index (χ1) is 11.6. The van der Waals surface area contributed by atoms with Crippen molar-refractivity contribution in [1.82, 2.24) is 0 Å². The summed E-state index contributed by atoms with van der Waals surface area (Å²) in [6.07, 6.45) is 16.1. The summed E-state index contributed by atoms with van der Waals surface area (Å²) in [6, 6.07) is 0. The lowest BCUT2D eigenvalue weighted by atomic mass is 9.96. The van der Waals surface area contributed by atoms with E-state index in [1.165, 1.54) is 12.8 Å². The third kappa shape index (κ3) is 7.73. The molecule has 1 rings (SSSR count). The Hall–Kier alpha value is -1.68. The van der Waals surface area contributed by atoms with Crippen LogP contribution in [0.5, 0.6) is 0 Å². The van der Waals surface area contributed by atoms with Gasteiger partial charge < -0.3 is 10.2 Å². The first-order valence-electron chi connectivity index (χ1n) is 9.01. The minimum absolute atomic E-state index is 0.0324. The molecule has 0 spiro atoms. The van der Waals surface area contributed by atoms with Crippen molar-refractivity contribution in [3.05, 3.63) is 36.0 Å². The Morgan fingerprint density at radius 2 is 1.92 bits per heavy atom. The van der Waals surface area contributed by atoms with E-state index in [1.807, 2.05) is 24.3 Å². The highest BCUT2D eigenvalue weighted by atomic mass is 16.4. The normalized spacial score (nSPS) is 23.1. The lowest BCUT2D eigenvalue weighted by molar-refractivity contribution is -0.137. The van der Waals surface area contributed by atoms with Crippen LogP contribution in [-0.4, -0.2) is 28.1 Å². The van der Waals surface area contributed by atoms with E-state index in [-0.39, 0.29) is 24.5 Å². The maximum absolute atomic E-state index is 12.0. The van der Waals surface area contributed by atoms with Crippen molar-refractivity contribution < 1.29 is 19.8 Å². The van der Waals surface area contributed by atoms with Crippen molar-refractivity contribution in [1.29, 1.82) is 0 Å². The van der Waals surface area contributed by atoms with E-state index in [2.05, 4.69) is 13.0 Å². The number of hydrogen-bond acceptors (Lipinski definition) is 3. The summed E-state index contributed by atoms with van der Waals surface area (Å²) < 4.78 is 0. The summed E-state index contributed by atoms with van der Waals surface area (Å²) in [7, 11) is 0. The number of aliphatic hydroxyl groups excluding tert-OH is 1. The zero-order valence-corrected chi connectivity index (χ0v) is 14.6. The second-order valence-electron chi connectivity index (χ2n) is 6.34. The Balaban J connectivity index is 2.48. The van der Waals surface area contributed by atoms with Gasteiger partial charge >= 0.3 is 5.97 Å². The molecule has 0 aromatic carbocycles. The minimum Gasteiger partial charge on any atom is -0.481 e. The fourth-order valence-electron chi connectivity index (χ4n) is 2.88. The Kier molecular flexibility index (Phi) is 10.0. The molecule has 4 nitrogen and oxygen atoms in total. The molecule has 2 N–H and O–H groups in total. The summed E-state index contributed by atoms with van der Waals surface area (Å²) in [5.41, 5.74) is 0.712. The number of carbonyl (C=O) groups excluding carboxylic acids is 1. The van der Waals surface area contributed by atoms with Gasteiger partial charge in [-0.3, -0.25) is 9.59 Å². The van der Waals surface area contributed by atoms with Crippen molar-refractivity contribution in [3.8, 4) is 0 Å². The standard InChI is InChI=1S/C20H30O4/c1-2-3-4-5-6-9-12-16-17(19(22)15-18(16)21)13-10-7-8-11-14-20(23)24/h6-7,9-10,12,17,19,22H,2-5,8,11,13-15H2,1H3,(H,23,24)/b9-6-,10-7-,16-12+/t17-,19+/m0/s1. The molecule has 2 atom stereocenters. The number of carboxylic acids is 1. The lowest BCUT2D eigenvalue weighted by Crippen LogP contribution is -2.13. The average Bonchev–Trinajstić information content (AvgIpc) is 2.80. The first kappa shape index (κ1) is 20.4. The van der Waals surface area contributed by atoms with Gasteiger partial charge in [0.25, 0.3) is 0 Å². The Bertz CT molecular complexity index is 488. The first-order valence-corrected chi connectivity index (χ1v) is 9.01. The highest BCUT2D eigenvalue weighted by molar-refractivity contribution is 5.99. The fraction of sp³-hybridized carbons (Fsp3) is 0.600. The number of Topliss-reactive ketones (excluding diaryl/α,β-unsaturated/α-hetero) is 1. The average molecular weight is 334 g/mol. The number of allylic oxidation sites excluding steroid dienone is 5. The van der Waals surface area contributed by atoms with Gasteiger partial charge in [0.15, 0.2) is 5.78 Å². The molecule has 0 bridgehead atoms. The molecular formula is C20H30O4. The maximum Gasteiger partial charge on any atom is 0.303 e. The van der Waals surface area contributed by atoms with E-state index < -0.39 is 12.1 Å². The summed E-state index contributed by atoms with van der Waals surface area (Å²) in [4.78, 5) is 22.5. The van der Waals surface area contributed by atoms with Gasteiger partial charge in [-0.05, 0) is 32.1 Å². The molecule has 4 heteroatoms. The van der Waals surface area contributed by atoms with Crippen LogP contribution in [-0.2, 0) is 9.59 Å². The van der Waals surface area contributed by atoms with Crippen LogP contribution in [0, 0.1) is 5.92 Å². The van der Waals surface area contributed by atoms with Crippen molar-refractivity contribution in [2.24, 2.45) is 5.92 Å². The topological polar surface area (TPSA) is 74.6 Å². The summed E-state index contributed by atoms with van der Waals surface area (Å²) in [5, 5.41) is 18.7. The minimum atomic E-state index is -0.781. The fourth-order valence-corrected chi connectivity index (χ4v) is 2.88. The molecule has 24 heavy (non-hydrogen) atoms. The van der Waals surface area contributed by atoms with Gasteiger partial charge in [0.1, 0.15) is 0 Å². The third-order valence-electron chi connectivity index (χ3n) is 4.28. The van der Waals surface area contributed by atoms with E-state index in [9.17, 15) is 14.7 Å². The highest BCUT2D eigenvalue weighted by Gasteiger charge is 2.35. The van der Waals surface area contributed by atoms with Crippen molar-refractivity contribution in [2.45, 2.75) is 70.8 Å².